The highest BCUT2D eigenvalue weighted by atomic mass is 19.3. The van der Waals surface area contributed by atoms with Gasteiger partial charge in [0.15, 0.2) is 6.61 Å². The molecule has 0 radical (unpaired) electrons. The predicted molar refractivity (Wildman–Crippen MR) is 160 cm³/mol. The zero-order valence-electron chi connectivity index (χ0n) is 24.6. The maximum atomic E-state index is 13.7. The molecule has 0 saturated carbocycles. The highest BCUT2D eigenvalue weighted by Crippen LogP contribution is 2.35. The number of rotatable bonds is 14. The van der Waals surface area contributed by atoms with Gasteiger partial charge in [-0.1, -0.05) is 56.5 Å². The monoisotopic (exact) mass is 615 g/mol. The van der Waals surface area contributed by atoms with Crippen molar-refractivity contribution in [1.82, 2.24) is 4.57 Å². The van der Waals surface area contributed by atoms with Gasteiger partial charge < -0.3 is 14.1 Å². The van der Waals surface area contributed by atoms with Gasteiger partial charge in [0.2, 0.25) is 0 Å². The Morgan fingerprint density at radius 3 is 2.36 bits per heavy atom. The molecule has 4 aromatic rings. The molecular weight excluding hydrogens is 582 g/mol. The fourth-order valence-corrected chi connectivity index (χ4v) is 5.12. The highest BCUT2D eigenvalue weighted by Gasteiger charge is 2.42. The molecule has 4 rings (SSSR count). The quantitative estimate of drug-likeness (QED) is 0.0466. The van der Waals surface area contributed by atoms with Crippen molar-refractivity contribution in [3.8, 4) is 5.75 Å². The Balaban J connectivity index is 1.89. The summed E-state index contributed by atoms with van der Waals surface area (Å²) in [4.78, 5) is 27.9. The summed E-state index contributed by atoms with van der Waals surface area (Å²) in [6, 6.07) is 15.7. The Kier molecular flexibility index (Phi) is 10.2. The number of nitro benzene ring substituents is 1. The number of para-hydroxylation sites is 1. The SMILES string of the molecule is CCCCC(CC)Cn1c2ccc(/C(=N\OC(C)=O)c3ccccc3OCC(F)(F)C(F)F)cc2c2cc([N+](=O)[O-])ccc21. The molecule has 0 bridgehead atoms. The lowest BCUT2D eigenvalue weighted by atomic mass is 9.98. The molecule has 234 valence electrons. The molecule has 0 saturated heterocycles. The molecule has 0 aliphatic carbocycles. The largest absolute Gasteiger partial charge is 0.486 e. The van der Waals surface area contributed by atoms with Gasteiger partial charge in [0.1, 0.15) is 11.5 Å². The van der Waals surface area contributed by atoms with E-state index < -0.39 is 29.8 Å². The Morgan fingerprint density at radius 1 is 1.05 bits per heavy atom. The van der Waals surface area contributed by atoms with E-state index in [-0.39, 0.29) is 22.7 Å². The smallest absolute Gasteiger partial charge is 0.340 e. The van der Waals surface area contributed by atoms with Gasteiger partial charge in [-0.05, 0) is 42.7 Å². The van der Waals surface area contributed by atoms with Gasteiger partial charge in [-0.15, -0.1) is 0 Å². The molecule has 0 amide bonds. The van der Waals surface area contributed by atoms with Crippen molar-refractivity contribution in [2.24, 2.45) is 11.1 Å². The van der Waals surface area contributed by atoms with E-state index in [9.17, 15) is 32.5 Å². The normalized spacial score (nSPS) is 13.0. The second-order valence-electron chi connectivity index (χ2n) is 10.6. The first kappa shape index (κ1) is 32.4. The van der Waals surface area contributed by atoms with Crippen molar-refractivity contribution in [1.29, 1.82) is 0 Å². The van der Waals surface area contributed by atoms with Crippen LogP contribution in [0.25, 0.3) is 21.8 Å². The average molecular weight is 616 g/mol. The number of ether oxygens (including phenoxy) is 1. The van der Waals surface area contributed by atoms with Gasteiger partial charge in [0, 0.05) is 58.5 Å². The van der Waals surface area contributed by atoms with E-state index in [0.29, 0.717) is 28.8 Å². The van der Waals surface area contributed by atoms with Crippen LogP contribution in [0.15, 0.2) is 65.8 Å². The maximum Gasteiger partial charge on any atom is 0.340 e. The molecular formula is C32H33F4N3O5. The van der Waals surface area contributed by atoms with E-state index >= 15 is 0 Å². The third kappa shape index (κ3) is 7.17. The van der Waals surface area contributed by atoms with E-state index in [1.54, 1.807) is 24.3 Å². The molecule has 8 nitrogen and oxygen atoms in total. The molecule has 3 aromatic carbocycles. The van der Waals surface area contributed by atoms with Crippen LogP contribution in [0.1, 0.15) is 57.6 Å². The maximum absolute atomic E-state index is 13.7. The van der Waals surface area contributed by atoms with Crippen LogP contribution in [0.5, 0.6) is 5.75 Å². The van der Waals surface area contributed by atoms with Crippen molar-refractivity contribution >= 4 is 39.2 Å². The summed E-state index contributed by atoms with van der Waals surface area (Å²) in [5, 5.41) is 16.9. The second-order valence-corrected chi connectivity index (χ2v) is 10.6. The standard InChI is InChI=1S/C32H33F4N3O5/c1-4-6-9-21(5-2)18-38-27-14-12-22(16-25(27)26-17-23(39(41)42)13-15-28(26)38)30(37-44-20(3)40)24-10-7-8-11-29(24)43-19-32(35,36)31(33)34/h7-8,10-17,21,31H,4-6,9,18-19H2,1-3H3/b37-30+. The van der Waals surface area contributed by atoms with Crippen molar-refractivity contribution in [3.05, 3.63) is 81.9 Å². The van der Waals surface area contributed by atoms with Gasteiger partial charge in [-0.2, -0.15) is 8.78 Å². The molecule has 0 N–H and O–H groups in total. The van der Waals surface area contributed by atoms with Crippen LogP contribution in [0, 0.1) is 16.0 Å². The Hall–Kier alpha value is -4.48. The molecule has 0 aliphatic rings. The average Bonchev–Trinajstić information content (AvgIpc) is 3.30. The minimum atomic E-state index is -4.40. The van der Waals surface area contributed by atoms with E-state index in [1.807, 2.05) is 6.07 Å². The fourth-order valence-electron chi connectivity index (χ4n) is 5.12. The Labute approximate surface area is 251 Å². The number of non-ortho nitro benzene ring substituents is 1. The predicted octanol–water partition coefficient (Wildman–Crippen LogP) is 8.51. The summed E-state index contributed by atoms with van der Waals surface area (Å²) in [6.07, 6.45) is 0.189. The van der Waals surface area contributed by atoms with Crippen LogP contribution in [0.2, 0.25) is 0 Å². The summed E-state index contributed by atoms with van der Waals surface area (Å²) in [7, 11) is 0. The van der Waals surface area contributed by atoms with Crippen LogP contribution in [-0.2, 0) is 16.2 Å². The lowest BCUT2D eigenvalue weighted by molar-refractivity contribution is -0.384. The number of carbonyl (C=O) groups is 1. The molecule has 12 heteroatoms. The minimum absolute atomic E-state index is 0.0128. The lowest BCUT2D eigenvalue weighted by Gasteiger charge is -2.18. The van der Waals surface area contributed by atoms with Crippen molar-refractivity contribution in [3.63, 3.8) is 0 Å². The van der Waals surface area contributed by atoms with Crippen LogP contribution in [0.4, 0.5) is 23.2 Å². The zero-order valence-corrected chi connectivity index (χ0v) is 24.6. The molecule has 1 heterocycles. The number of halogens is 4. The number of fused-ring (bicyclic) bond motifs is 3. The van der Waals surface area contributed by atoms with Gasteiger partial charge in [0.25, 0.3) is 5.69 Å². The summed E-state index contributed by atoms with van der Waals surface area (Å²) in [6.45, 7) is 4.50. The van der Waals surface area contributed by atoms with Gasteiger partial charge >= 0.3 is 18.3 Å². The van der Waals surface area contributed by atoms with Crippen molar-refractivity contribution < 1.29 is 36.9 Å². The zero-order chi connectivity index (χ0) is 32.0. The minimum Gasteiger partial charge on any atom is -0.486 e. The summed E-state index contributed by atoms with van der Waals surface area (Å²) < 4.78 is 60.3. The molecule has 1 aromatic heterocycles. The number of aromatic nitrogens is 1. The van der Waals surface area contributed by atoms with E-state index in [2.05, 4.69) is 23.6 Å². The van der Waals surface area contributed by atoms with Crippen LogP contribution in [-0.4, -0.2) is 40.1 Å². The van der Waals surface area contributed by atoms with Crippen LogP contribution in [0.3, 0.4) is 0 Å². The van der Waals surface area contributed by atoms with Crippen LogP contribution >= 0.6 is 0 Å². The number of carbonyl (C=O) groups excluding carboxylic acids is 1. The first-order chi connectivity index (χ1) is 21.0. The van der Waals surface area contributed by atoms with Crippen LogP contribution < -0.4 is 4.74 Å². The first-order valence-corrected chi connectivity index (χ1v) is 14.3. The third-order valence-corrected chi connectivity index (χ3v) is 7.46. The number of hydrogen-bond acceptors (Lipinski definition) is 6. The van der Waals surface area contributed by atoms with E-state index in [4.69, 9.17) is 9.57 Å². The summed E-state index contributed by atoms with van der Waals surface area (Å²) in [5.74, 6) is -4.96. The van der Waals surface area contributed by atoms with Crippen molar-refractivity contribution in [2.45, 2.75) is 65.3 Å². The van der Waals surface area contributed by atoms with E-state index in [1.165, 1.54) is 30.3 Å². The third-order valence-electron chi connectivity index (χ3n) is 7.46. The highest BCUT2D eigenvalue weighted by molar-refractivity contribution is 6.18. The number of oxime groups is 1. The second kappa shape index (κ2) is 13.9. The van der Waals surface area contributed by atoms with Crippen molar-refractivity contribution in [2.75, 3.05) is 6.61 Å². The molecule has 0 spiro atoms. The number of nitrogens with zero attached hydrogens (tertiary/aromatic N) is 3. The number of benzene rings is 3. The number of alkyl halides is 4. The molecule has 1 atom stereocenters. The van der Waals surface area contributed by atoms with E-state index in [0.717, 1.165) is 43.6 Å². The topological polar surface area (TPSA) is 96.0 Å². The summed E-state index contributed by atoms with van der Waals surface area (Å²) in [5.41, 5.74) is 2.02. The van der Waals surface area contributed by atoms with Gasteiger partial charge in [-0.25, -0.2) is 13.6 Å². The molecule has 0 aliphatic heterocycles. The fraction of sp³-hybridized carbons (Fsp3) is 0.375. The number of unbranched alkanes of at least 4 members (excludes halogenated alkanes) is 1. The Morgan fingerprint density at radius 2 is 1.73 bits per heavy atom. The molecule has 0 fully saturated rings. The lowest BCUT2D eigenvalue weighted by Crippen LogP contribution is -2.34. The molecule has 44 heavy (non-hydrogen) atoms. The Bertz CT molecular complexity index is 1690. The number of nitro groups is 1. The summed E-state index contributed by atoms with van der Waals surface area (Å²) >= 11 is 0. The molecule has 1 unspecified atom stereocenters. The number of hydrogen-bond donors (Lipinski definition) is 0. The van der Waals surface area contributed by atoms with Gasteiger partial charge in [0.05, 0.1) is 4.92 Å². The first-order valence-electron chi connectivity index (χ1n) is 14.3. The van der Waals surface area contributed by atoms with Gasteiger partial charge in [-0.3, -0.25) is 10.1 Å².